The summed E-state index contributed by atoms with van der Waals surface area (Å²) in [5.41, 5.74) is 0. The average molecular weight is 219 g/mol. The summed E-state index contributed by atoms with van der Waals surface area (Å²) < 4.78 is 22.4. The molecule has 0 bridgehead atoms. The van der Waals surface area contributed by atoms with Crippen LogP contribution in [0.2, 0.25) is 0 Å². The van der Waals surface area contributed by atoms with Gasteiger partial charge in [0.05, 0.1) is 5.75 Å². The van der Waals surface area contributed by atoms with E-state index in [0.717, 1.165) is 0 Å². The van der Waals surface area contributed by atoms with Crippen LogP contribution in [0, 0.1) is 5.92 Å². The monoisotopic (exact) mass is 219 g/mol. The molecule has 14 heavy (non-hydrogen) atoms. The first-order valence-electron chi connectivity index (χ1n) is 5.49. The van der Waals surface area contributed by atoms with Gasteiger partial charge < -0.3 is 5.32 Å². The van der Waals surface area contributed by atoms with Gasteiger partial charge in [-0.05, 0) is 18.8 Å². The highest BCUT2D eigenvalue weighted by Crippen LogP contribution is 2.24. The van der Waals surface area contributed by atoms with E-state index in [1.54, 1.807) is 6.92 Å². The van der Waals surface area contributed by atoms with Crippen LogP contribution >= 0.6 is 0 Å². The van der Waals surface area contributed by atoms with Crippen LogP contribution in [0.15, 0.2) is 0 Å². The zero-order valence-corrected chi connectivity index (χ0v) is 9.94. The van der Waals surface area contributed by atoms with E-state index in [-0.39, 0.29) is 11.5 Å². The predicted octanol–water partition coefficient (Wildman–Crippen LogP) is 1.20. The van der Waals surface area contributed by atoms with E-state index in [9.17, 15) is 8.42 Å². The maximum atomic E-state index is 11.2. The van der Waals surface area contributed by atoms with Crippen LogP contribution in [-0.4, -0.2) is 32.5 Å². The molecule has 0 aromatic carbocycles. The third-order valence-electron chi connectivity index (χ3n) is 3.12. The van der Waals surface area contributed by atoms with Gasteiger partial charge in [0.2, 0.25) is 0 Å². The number of rotatable bonds is 5. The lowest BCUT2D eigenvalue weighted by atomic mass is 10.1. The second-order valence-electron chi connectivity index (χ2n) is 4.21. The minimum atomic E-state index is -2.79. The molecule has 3 nitrogen and oxygen atoms in total. The van der Waals surface area contributed by atoms with Crippen LogP contribution in [0.5, 0.6) is 0 Å². The summed E-state index contributed by atoms with van der Waals surface area (Å²) in [6.45, 7) is 4.55. The van der Waals surface area contributed by atoms with Crippen LogP contribution in [0.25, 0.3) is 0 Å². The van der Waals surface area contributed by atoms with Crippen LogP contribution in [-0.2, 0) is 9.84 Å². The summed E-state index contributed by atoms with van der Waals surface area (Å²) in [4.78, 5) is 0. The molecule has 0 aliphatic heterocycles. The van der Waals surface area contributed by atoms with Crippen LogP contribution in [0.1, 0.15) is 33.1 Å². The molecule has 0 spiro atoms. The van der Waals surface area contributed by atoms with Crippen LogP contribution in [0.4, 0.5) is 0 Å². The molecular weight excluding hydrogens is 198 g/mol. The van der Waals surface area contributed by atoms with Crippen molar-refractivity contribution in [3.63, 3.8) is 0 Å². The molecule has 0 radical (unpaired) electrons. The van der Waals surface area contributed by atoms with E-state index < -0.39 is 9.84 Å². The molecule has 0 aromatic rings. The molecular formula is C10H21NO2S. The topological polar surface area (TPSA) is 46.2 Å². The number of nitrogens with one attached hydrogen (secondary N) is 1. The van der Waals surface area contributed by atoms with E-state index in [4.69, 9.17) is 0 Å². The molecule has 1 aliphatic carbocycles. The van der Waals surface area contributed by atoms with Crippen molar-refractivity contribution in [3.8, 4) is 0 Å². The minimum Gasteiger partial charge on any atom is -0.313 e. The maximum absolute atomic E-state index is 11.2. The fourth-order valence-corrected chi connectivity index (χ4v) is 2.71. The van der Waals surface area contributed by atoms with E-state index in [1.165, 1.54) is 19.3 Å². The minimum absolute atomic E-state index is 0.259. The molecule has 0 amide bonds. The number of sulfone groups is 1. The number of hydrogen-bond acceptors (Lipinski definition) is 3. The van der Waals surface area contributed by atoms with Gasteiger partial charge in [0, 0.05) is 18.3 Å². The van der Waals surface area contributed by atoms with E-state index in [1.807, 2.05) is 0 Å². The SMILES string of the molecule is CCS(=O)(=O)CCNC1CCCC1C. The molecule has 0 saturated heterocycles. The quantitative estimate of drug-likeness (QED) is 0.756. The Kier molecular flexibility index (Phi) is 4.38. The van der Waals surface area contributed by atoms with Gasteiger partial charge in [0.1, 0.15) is 0 Å². The molecule has 2 unspecified atom stereocenters. The van der Waals surface area contributed by atoms with Crippen molar-refractivity contribution in [1.82, 2.24) is 5.32 Å². The van der Waals surface area contributed by atoms with Gasteiger partial charge in [-0.25, -0.2) is 8.42 Å². The first kappa shape index (κ1) is 12.0. The molecule has 1 rings (SSSR count). The normalized spacial score (nSPS) is 28.1. The van der Waals surface area contributed by atoms with E-state index >= 15 is 0 Å². The van der Waals surface area contributed by atoms with Crippen molar-refractivity contribution in [3.05, 3.63) is 0 Å². The third kappa shape index (κ3) is 3.58. The zero-order chi connectivity index (χ0) is 10.6. The van der Waals surface area contributed by atoms with Gasteiger partial charge in [-0.3, -0.25) is 0 Å². The van der Waals surface area contributed by atoms with Gasteiger partial charge in [0.15, 0.2) is 9.84 Å². The highest BCUT2D eigenvalue weighted by atomic mass is 32.2. The van der Waals surface area contributed by atoms with E-state index in [0.29, 0.717) is 18.5 Å². The number of hydrogen-bond donors (Lipinski definition) is 1. The van der Waals surface area contributed by atoms with Gasteiger partial charge in [-0.2, -0.15) is 0 Å². The summed E-state index contributed by atoms with van der Waals surface area (Å²) in [6, 6.07) is 0.544. The Labute approximate surface area is 87.2 Å². The van der Waals surface area contributed by atoms with Crippen molar-refractivity contribution < 1.29 is 8.42 Å². The van der Waals surface area contributed by atoms with Gasteiger partial charge in [-0.15, -0.1) is 0 Å². The summed E-state index contributed by atoms with van der Waals surface area (Å²) >= 11 is 0. The summed E-state index contributed by atoms with van der Waals surface area (Å²) in [5, 5.41) is 3.34. The van der Waals surface area contributed by atoms with Gasteiger partial charge in [-0.1, -0.05) is 20.3 Å². The fraction of sp³-hybridized carbons (Fsp3) is 1.00. The van der Waals surface area contributed by atoms with Crippen molar-refractivity contribution in [1.29, 1.82) is 0 Å². The van der Waals surface area contributed by atoms with Crippen molar-refractivity contribution in [2.45, 2.75) is 39.2 Å². The highest BCUT2D eigenvalue weighted by Gasteiger charge is 2.22. The Morgan fingerprint density at radius 2 is 2.07 bits per heavy atom. The first-order chi connectivity index (χ1) is 6.55. The van der Waals surface area contributed by atoms with Crippen molar-refractivity contribution in [2.75, 3.05) is 18.1 Å². The third-order valence-corrected chi connectivity index (χ3v) is 4.83. The Morgan fingerprint density at radius 3 is 2.57 bits per heavy atom. The van der Waals surface area contributed by atoms with E-state index in [2.05, 4.69) is 12.2 Å². The summed E-state index contributed by atoms with van der Waals surface area (Å²) in [7, 11) is -2.79. The lowest BCUT2D eigenvalue weighted by molar-refractivity contribution is 0.437. The molecule has 0 aromatic heterocycles. The van der Waals surface area contributed by atoms with Crippen LogP contribution < -0.4 is 5.32 Å². The van der Waals surface area contributed by atoms with Crippen molar-refractivity contribution in [2.24, 2.45) is 5.92 Å². The Morgan fingerprint density at radius 1 is 1.36 bits per heavy atom. The van der Waals surface area contributed by atoms with Gasteiger partial charge in [0.25, 0.3) is 0 Å². The second kappa shape index (κ2) is 5.12. The maximum Gasteiger partial charge on any atom is 0.151 e. The Balaban J connectivity index is 2.21. The largest absolute Gasteiger partial charge is 0.313 e. The average Bonchev–Trinajstić information content (AvgIpc) is 2.52. The van der Waals surface area contributed by atoms with Gasteiger partial charge >= 0.3 is 0 Å². The molecule has 84 valence electrons. The molecule has 1 fully saturated rings. The lowest BCUT2D eigenvalue weighted by Gasteiger charge is -2.16. The molecule has 1 saturated carbocycles. The molecule has 1 N–H and O–H groups in total. The highest BCUT2D eigenvalue weighted by molar-refractivity contribution is 7.91. The second-order valence-corrected chi connectivity index (χ2v) is 6.68. The summed E-state index contributed by atoms with van der Waals surface area (Å²) in [5.74, 6) is 1.25. The lowest BCUT2D eigenvalue weighted by Crippen LogP contribution is -2.35. The first-order valence-corrected chi connectivity index (χ1v) is 7.31. The molecule has 0 heterocycles. The smallest absolute Gasteiger partial charge is 0.151 e. The fourth-order valence-electron chi connectivity index (χ4n) is 1.99. The Bertz CT molecular complexity index is 261. The summed E-state index contributed by atoms with van der Waals surface area (Å²) in [6.07, 6.45) is 3.75. The predicted molar refractivity (Wildman–Crippen MR) is 59.1 cm³/mol. The Hall–Kier alpha value is -0.0900. The molecule has 2 atom stereocenters. The van der Waals surface area contributed by atoms with Crippen molar-refractivity contribution >= 4 is 9.84 Å². The molecule has 1 aliphatic rings. The standard InChI is InChI=1S/C10H21NO2S/c1-3-14(12,13)8-7-11-10-6-4-5-9(10)2/h9-11H,3-8H2,1-2H3. The molecule has 4 heteroatoms. The zero-order valence-electron chi connectivity index (χ0n) is 9.12. The van der Waals surface area contributed by atoms with Crippen LogP contribution in [0.3, 0.4) is 0 Å².